The summed E-state index contributed by atoms with van der Waals surface area (Å²) in [6, 6.07) is 18.4. The van der Waals surface area contributed by atoms with Gasteiger partial charge in [-0.1, -0.05) is 47.6 Å². The zero-order valence-corrected chi connectivity index (χ0v) is 15.6. The van der Waals surface area contributed by atoms with Crippen LogP contribution in [-0.4, -0.2) is 27.0 Å². The third kappa shape index (κ3) is 3.05. The summed E-state index contributed by atoms with van der Waals surface area (Å²) in [5, 5.41) is 6.72. The SMILES string of the molecule is COc1cc(C2=NOC(c3cccc4ccccc34)C2)cc(OC)c1OC. The first kappa shape index (κ1) is 17.2. The second-order valence-corrected chi connectivity index (χ2v) is 6.32. The number of ether oxygens (including phenoxy) is 3. The molecule has 0 amide bonds. The van der Waals surface area contributed by atoms with Crippen LogP contribution in [0, 0.1) is 0 Å². The van der Waals surface area contributed by atoms with E-state index in [4.69, 9.17) is 19.0 Å². The molecule has 0 saturated heterocycles. The van der Waals surface area contributed by atoms with Gasteiger partial charge in [0, 0.05) is 17.5 Å². The lowest BCUT2D eigenvalue weighted by Gasteiger charge is -2.14. The van der Waals surface area contributed by atoms with E-state index in [1.807, 2.05) is 24.3 Å². The topological polar surface area (TPSA) is 49.3 Å². The molecule has 0 saturated carbocycles. The predicted octanol–water partition coefficient (Wildman–Crippen LogP) is 4.73. The van der Waals surface area contributed by atoms with Crippen molar-refractivity contribution in [1.29, 1.82) is 0 Å². The summed E-state index contributed by atoms with van der Waals surface area (Å²) in [5.41, 5.74) is 2.89. The molecule has 1 heterocycles. The molecule has 0 aromatic heterocycles. The fourth-order valence-electron chi connectivity index (χ4n) is 3.49. The number of methoxy groups -OCH3 is 3. The molecule has 0 radical (unpaired) electrons. The summed E-state index contributed by atoms with van der Waals surface area (Å²) in [5.74, 6) is 1.76. The lowest BCUT2D eigenvalue weighted by atomic mass is 9.95. The highest BCUT2D eigenvalue weighted by Crippen LogP contribution is 2.40. The van der Waals surface area contributed by atoms with Crippen LogP contribution in [0.5, 0.6) is 17.2 Å². The Morgan fingerprint density at radius 2 is 1.59 bits per heavy atom. The van der Waals surface area contributed by atoms with Crippen molar-refractivity contribution < 1.29 is 19.0 Å². The van der Waals surface area contributed by atoms with Crippen molar-refractivity contribution >= 4 is 16.5 Å². The van der Waals surface area contributed by atoms with Crippen LogP contribution in [0.1, 0.15) is 23.7 Å². The van der Waals surface area contributed by atoms with Crippen molar-refractivity contribution in [2.45, 2.75) is 12.5 Å². The molecule has 5 heteroatoms. The average molecular weight is 363 g/mol. The molecule has 5 nitrogen and oxygen atoms in total. The standard InChI is InChI=1S/C22H21NO4/c1-24-20-11-15(12-21(25-2)22(20)26-3)18-13-19(27-23-18)17-10-6-8-14-7-4-5-9-16(14)17/h4-12,19H,13H2,1-3H3. The summed E-state index contributed by atoms with van der Waals surface area (Å²) in [4.78, 5) is 5.79. The minimum atomic E-state index is -0.120. The minimum Gasteiger partial charge on any atom is -0.493 e. The third-order valence-electron chi connectivity index (χ3n) is 4.84. The Hall–Kier alpha value is -3.21. The van der Waals surface area contributed by atoms with E-state index in [9.17, 15) is 0 Å². The van der Waals surface area contributed by atoms with E-state index >= 15 is 0 Å². The monoisotopic (exact) mass is 363 g/mol. The van der Waals surface area contributed by atoms with Gasteiger partial charge >= 0.3 is 0 Å². The van der Waals surface area contributed by atoms with Gasteiger partial charge in [0.2, 0.25) is 5.75 Å². The Labute approximate surface area is 158 Å². The number of hydrogen-bond donors (Lipinski definition) is 0. The van der Waals surface area contributed by atoms with Gasteiger partial charge in [-0.05, 0) is 22.9 Å². The first-order chi connectivity index (χ1) is 13.2. The minimum absolute atomic E-state index is 0.120. The van der Waals surface area contributed by atoms with Gasteiger partial charge in [0.15, 0.2) is 17.6 Å². The van der Waals surface area contributed by atoms with Crippen molar-refractivity contribution in [1.82, 2.24) is 0 Å². The Kier molecular flexibility index (Phi) is 4.59. The zero-order chi connectivity index (χ0) is 18.8. The molecule has 3 aromatic rings. The van der Waals surface area contributed by atoms with Crippen molar-refractivity contribution in [2.75, 3.05) is 21.3 Å². The Morgan fingerprint density at radius 1 is 0.889 bits per heavy atom. The van der Waals surface area contributed by atoms with Crippen LogP contribution < -0.4 is 14.2 Å². The lowest BCUT2D eigenvalue weighted by molar-refractivity contribution is 0.0868. The maximum Gasteiger partial charge on any atom is 0.203 e. The molecule has 1 aliphatic rings. The number of fused-ring (bicyclic) bond motifs is 1. The summed E-state index contributed by atoms with van der Waals surface area (Å²) < 4.78 is 16.3. The molecule has 0 spiro atoms. The number of benzene rings is 3. The highest BCUT2D eigenvalue weighted by molar-refractivity contribution is 6.02. The Morgan fingerprint density at radius 3 is 2.30 bits per heavy atom. The fraction of sp³-hybridized carbons (Fsp3) is 0.227. The molecular weight excluding hydrogens is 342 g/mol. The van der Waals surface area contributed by atoms with Gasteiger partial charge in [-0.25, -0.2) is 0 Å². The van der Waals surface area contributed by atoms with Crippen molar-refractivity contribution in [3.05, 3.63) is 65.7 Å². The molecule has 1 atom stereocenters. The van der Waals surface area contributed by atoms with E-state index in [0.717, 1.165) is 16.8 Å². The first-order valence-electron chi connectivity index (χ1n) is 8.76. The van der Waals surface area contributed by atoms with E-state index in [-0.39, 0.29) is 6.10 Å². The first-order valence-corrected chi connectivity index (χ1v) is 8.76. The molecule has 1 unspecified atom stereocenters. The largest absolute Gasteiger partial charge is 0.493 e. The quantitative estimate of drug-likeness (QED) is 0.657. The van der Waals surface area contributed by atoms with Crippen LogP contribution in [0.15, 0.2) is 59.8 Å². The van der Waals surface area contributed by atoms with E-state index in [1.54, 1.807) is 21.3 Å². The lowest BCUT2D eigenvalue weighted by Crippen LogP contribution is -2.04. The second kappa shape index (κ2) is 7.19. The number of rotatable bonds is 5. The van der Waals surface area contributed by atoms with Crippen LogP contribution in [0.4, 0.5) is 0 Å². The third-order valence-corrected chi connectivity index (χ3v) is 4.84. The van der Waals surface area contributed by atoms with E-state index in [1.165, 1.54) is 10.8 Å². The van der Waals surface area contributed by atoms with Crippen molar-refractivity contribution in [3.8, 4) is 17.2 Å². The second-order valence-electron chi connectivity index (χ2n) is 6.32. The highest BCUT2D eigenvalue weighted by Gasteiger charge is 2.27. The molecule has 0 N–H and O–H groups in total. The van der Waals surface area contributed by atoms with E-state index < -0.39 is 0 Å². The molecule has 4 rings (SSSR count). The number of oxime groups is 1. The average Bonchev–Trinajstić information content (AvgIpc) is 3.22. The maximum atomic E-state index is 5.79. The normalized spacial score (nSPS) is 16.0. The summed E-state index contributed by atoms with van der Waals surface area (Å²) in [7, 11) is 4.80. The fourth-order valence-corrected chi connectivity index (χ4v) is 3.49. The molecule has 1 aliphatic heterocycles. The summed E-state index contributed by atoms with van der Waals surface area (Å²) in [6.07, 6.45) is 0.553. The van der Waals surface area contributed by atoms with E-state index in [0.29, 0.717) is 23.7 Å². The van der Waals surface area contributed by atoms with Crippen molar-refractivity contribution in [3.63, 3.8) is 0 Å². The van der Waals surface area contributed by atoms with Crippen LogP contribution in [0.2, 0.25) is 0 Å². The molecular formula is C22H21NO4. The van der Waals surface area contributed by atoms with Gasteiger partial charge in [0.25, 0.3) is 0 Å². The van der Waals surface area contributed by atoms with Gasteiger partial charge < -0.3 is 19.0 Å². The Balaban J connectivity index is 1.66. The molecule has 27 heavy (non-hydrogen) atoms. The molecule has 0 fully saturated rings. The van der Waals surface area contributed by atoms with Crippen molar-refractivity contribution in [2.24, 2.45) is 5.16 Å². The summed E-state index contributed by atoms with van der Waals surface area (Å²) in [6.45, 7) is 0. The van der Waals surface area contributed by atoms with Crippen LogP contribution in [-0.2, 0) is 4.84 Å². The smallest absolute Gasteiger partial charge is 0.203 e. The maximum absolute atomic E-state index is 5.79. The molecule has 138 valence electrons. The van der Waals surface area contributed by atoms with Crippen LogP contribution >= 0.6 is 0 Å². The van der Waals surface area contributed by atoms with Crippen LogP contribution in [0.25, 0.3) is 10.8 Å². The Bertz CT molecular complexity index is 982. The van der Waals surface area contributed by atoms with Gasteiger partial charge in [0.05, 0.1) is 27.0 Å². The van der Waals surface area contributed by atoms with Gasteiger partial charge in [0.1, 0.15) is 0 Å². The van der Waals surface area contributed by atoms with Crippen LogP contribution in [0.3, 0.4) is 0 Å². The van der Waals surface area contributed by atoms with Gasteiger partial charge in [-0.2, -0.15) is 0 Å². The summed E-state index contributed by atoms with van der Waals surface area (Å²) >= 11 is 0. The molecule has 3 aromatic carbocycles. The molecule has 0 aliphatic carbocycles. The van der Waals surface area contributed by atoms with Gasteiger partial charge in [-0.15, -0.1) is 0 Å². The van der Waals surface area contributed by atoms with Gasteiger partial charge in [-0.3, -0.25) is 0 Å². The molecule has 0 bridgehead atoms. The zero-order valence-electron chi connectivity index (χ0n) is 15.6. The predicted molar refractivity (Wildman–Crippen MR) is 105 cm³/mol. The highest BCUT2D eigenvalue weighted by atomic mass is 16.6. The van der Waals surface area contributed by atoms with E-state index in [2.05, 4.69) is 35.5 Å². The number of hydrogen-bond acceptors (Lipinski definition) is 5. The number of nitrogens with zero attached hydrogens (tertiary/aromatic N) is 1.